The fraction of sp³-hybridized carbons (Fsp3) is 0.600. The Morgan fingerprint density at radius 1 is 1.50 bits per heavy atom. The van der Waals surface area contributed by atoms with Crippen molar-refractivity contribution in [1.82, 2.24) is 24.6 Å². The number of imidazole rings is 1. The van der Waals surface area contributed by atoms with Crippen LogP contribution in [0, 0.1) is 6.92 Å². The third-order valence-electron chi connectivity index (χ3n) is 4.12. The highest BCUT2D eigenvalue weighted by atomic mass is 16.5. The second-order valence-electron chi connectivity index (χ2n) is 5.65. The van der Waals surface area contributed by atoms with Gasteiger partial charge in [0.2, 0.25) is 11.8 Å². The van der Waals surface area contributed by atoms with Crippen molar-refractivity contribution in [2.75, 3.05) is 13.1 Å². The molecule has 1 amide bonds. The molecular weight excluding hydrogens is 282 g/mol. The summed E-state index contributed by atoms with van der Waals surface area (Å²) in [5, 5.41) is 3.82. The van der Waals surface area contributed by atoms with Gasteiger partial charge in [-0.25, -0.2) is 4.98 Å². The summed E-state index contributed by atoms with van der Waals surface area (Å²) in [4.78, 5) is 22.8. The van der Waals surface area contributed by atoms with Crippen LogP contribution in [0.3, 0.4) is 0 Å². The molecule has 0 unspecified atom stereocenters. The van der Waals surface area contributed by atoms with Gasteiger partial charge in [-0.15, -0.1) is 0 Å². The molecule has 2 aromatic rings. The van der Waals surface area contributed by atoms with Crippen LogP contribution in [0.1, 0.15) is 43.2 Å². The van der Waals surface area contributed by atoms with Gasteiger partial charge in [-0.05, 0) is 13.3 Å². The molecule has 22 heavy (non-hydrogen) atoms. The van der Waals surface area contributed by atoms with E-state index in [1.807, 2.05) is 15.7 Å². The molecule has 1 aliphatic heterocycles. The fourth-order valence-corrected chi connectivity index (χ4v) is 2.90. The third kappa shape index (κ3) is 3.03. The zero-order valence-electron chi connectivity index (χ0n) is 13.0. The summed E-state index contributed by atoms with van der Waals surface area (Å²) >= 11 is 0. The van der Waals surface area contributed by atoms with E-state index in [0.717, 1.165) is 25.2 Å². The summed E-state index contributed by atoms with van der Waals surface area (Å²) in [6.07, 6.45) is 5.98. The molecular formula is C15H21N5O2. The molecule has 0 spiro atoms. The van der Waals surface area contributed by atoms with Crippen molar-refractivity contribution < 1.29 is 9.32 Å². The number of hydrogen-bond acceptors (Lipinski definition) is 5. The number of nitrogens with zero attached hydrogens (tertiary/aromatic N) is 5. The number of amides is 1. The van der Waals surface area contributed by atoms with E-state index in [9.17, 15) is 4.79 Å². The zero-order valence-corrected chi connectivity index (χ0v) is 13.0. The largest absolute Gasteiger partial charge is 0.342 e. The van der Waals surface area contributed by atoms with Gasteiger partial charge in [-0.2, -0.15) is 4.98 Å². The predicted octanol–water partition coefficient (Wildman–Crippen LogP) is 1.54. The van der Waals surface area contributed by atoms with Crippen molar-refractivity contribution in [2.45, 2.75) is 45.6 Å². The van der Waals surface area contributed by atoms with E-state index < -0.39 is 0 Å². The Morgan fingerprint density at radius 3 is 3.09 bits per heavy atom. The normalized spacial score (nSPS) is 18.1. The minimum Gasteiger partial charge on any atom is -0.342 e. The molecule has 1 fully saturated rings. The Morgan fingerprint density at radius 2 is 2.36 bits per heavy atom. The van der Waals surface area contributed by atoms with Gasteiger partial charge in [-0.3, -0.25) is 4.79 Å². The van der Waals surface area contributed by atoms with E-state index in [0.29, 0.717) is 31.2 Å². The first-order valence-corrected chi connectivity index (χ1v) is 7.75. The minimum atomic E-state index is 0.171. The average Bonchev–Trinajstić information content (AvgIpc) is 3.24. The summed E-state index contributed by atoms with van der Waals surface area (Å²) < 4.78 is 7.26. The van der Waals surface area contributed by atoms with Gasteiger partial charge in [0.1, 0.15) is 5.82 Å². The third-order valence-corrected chi connectivity index (χ3v) is 4.12. The molecule has 0 saturated carbocycles. The first-order chi connectivity index (χ1) is 10.7. The molecule has 0 aromatic carbocycles. The Bertz CT molecular complexity index is 648. The first-order valence-electron chi connectivity index (χ1n) is 7.75. The molecule has 3 rings (SSSR count). The van der Waals surface area contributed by atoms with Gasteiger partial charge >= 0.3 is 0 Å². The van der Waals surface area contributed by atoms with Gasteiger partial charge < -0.3 is 14.0 Å². The lowest BCUT2D eigenvalue weighted by molar-refractivity contribution is -0.130. The Kier molecular flexibility index (Phi) is 4.22. The molecule has 7 heteroatoms. The molecule has 0 aliphatic carbocycles. The fourth-order valence-electron chi connectivity index (χ4n) is 2.90. The van der Waals surface area contributed by atoms with Crippen LogP contribution in [0.2, 0.25) is 0 Å². The smallest absolute Gasteiger partial charge is 0.231 e. The number of aromatic nitrogens is 4. The molecule has 2 aromatic heterocycles. The van der Waals surface area contributed by atoms with Crippen LogP contribution in [0.25, 0.3) is 0 Å². The maximum absolute atomic E-state index is 12.3. The van der Waals surface area contributed by atoms with Crippen molar-refractivity contribution in [1.29, 1.82) is 0 Å². The number of carbonyl (C=O) groups excluding carboxylic acids is 1. The molecule has 0 bridgehead atoms. The summed E-state index contributed by atoms with van der Waals surface area (Å²) in [5.41, 5.74) is 0. The molecule has 0 radical (unpaired) electrons. The summed E-state index contributed by atoms with van der Waals surface area (Å²) in [6, 6.07) is 0. The van der Waals surface area contributed by atoms with E-state index in [2.05, 4.69) is 22.0 Å². The van der Waals surface area contributed by atoms with Crippen molar-refractivity contribution in [3.05, 3.63) is 29.9 Å². The standard InChI is InChI=1S/C15H21N5O2/c1-3-13-16-6-9-19(13)8-5-14(21)20-7-4-12(10-20)15-17-11(2)18-22-15/h6,9,12H,3-5,7-8,10H2,1-2H3/t12-/m0/s1. The van der Waals surface area contributed by atoms with Crippen LogP contribution in [-0.4, -0.2) is 43.6 Å². The quantitative estimate of drug-likeness (QED) is 0.837. The van der Waals surface area contributed by atoms with E-state index >= 15 is 0 Å². The van der Waals surface area contributed by atoms with E-state index in [1.54, 1.807) is 13.1 Å². The second kappa shape index (κ2) is 6.29. The molecule has 118 valence electrons. The monoisotopic (exact) mass is 303 g/mol. The Hall–Kier alpha value is -2.18. The predicted molar refractivity (Wildman–Crippen MR) is 79.2 cm³/mol. The first kappa shape index (κ1) is 14.7. The summed E-state index contributed by atoms with van der Waals surface area (Å²) in [6.45, 7) is 5.99. The molecule has 1 aliphatic rings. The highest BCUT2D eigenvalue weighted by Crippen LogP contribution is 2.26. The van der Waals surface area contributed by atoms with Crippen LogP contribution >= 0.6 is 0 Å². The van der Waals surface area contributed by atoms with Gasteiger partial charge in [0.15, 0.2) is 5.82 Å². The van der Waals surface area contributed by atoms with Crippen LogP contribution in [0.5, 0.6) is 0 Å². The molecule has 1 saturated heterocycles. The van der Waals surface area contributed by atoms with Gasteiger partial charge in [0.25, 0.3) is 0 Å². The maximum atomic E-state index is 12.3. The highest BCUT2D eigenvalue weighted by molar-refractivity contribution is 5.76. The molecule has 0 N–H and O–H groups in total. The summed E-state index contributed by atoms with van der Waals surface area (Å²) in [7, 11) is 0. The van der Waals surface area contributed by atoms with Gasteiger partial charge in [-0.1, -0.05) is 12.1 Å². The van der Waals surface area contributed by atoms with Crippen molar-refractivity contribution >= 4 is 5.91 Å². The SMILES string of the molecule is CCc1nccn1CCC(=O)N1CC[C@H](c2nc(C)no2)C1. The number of rotatable bonds is 5. The minimum absolute atomic E-state index is 0.171. The van der Waals surface area contributed by atoms with Crippen molar-refractivity contribution in [3.8, 4) is 0 Å². The Balaban J connectivity index is 1.53. The highest BCUT2D eigenvalue weighted by Gasteiger charge is 2.30. The zero-order chi connectivity index (χ0) is 15.5. The van der Waals surface area contributed by atoms with Crippen molar-refractivity contribution in [2.24, 2.45) is 0 Å². The number of hydrogen-bond donors (Lipinski definition) is 0. The maximum Gasteiger partial charge on any atom is 0.231 e. The van der Waals surface area contributed by atoms with Gasteiger partial charge in [0, 0.05) is 44.9 Å². The second-order valence-corrected chi connectivity index (χ2v) is 5.65. The topological polar surface area (TPSA) is 77.1 Å². The van der Waals surface area contributed by atoms with E-state index in [1.165, 1.54) is 0 Å². The number of carbonyl (C=O) groups is 1. The van der Waals surface area contributed by atoms with Crippen LogP contribution < -0.4 is 0 Å². The van der Waals surface area contributed by atoms with Crippen LogP contribution in [0.15, 0.2) is 16.9 Å². The molecule has 3 heterocycles. The van der Waals surface area contributed by atoms with Gasteiger partial charge in [0.05, 0.1) is 5.92 Å². The van der Waals surface area contributed by atoms with Crippen LogP contribution in [-0.2, 0) is 17.8 Å². The Labute approximate surface area is 129 Å². The lowest BCUT2D eigenvalue weighted by atomic mass is 10.1. The number of likely N-dealkylation sites (tertiary alicyclic amines) is 1. The van der Waals surface area contributed by atoms with Crippen LogP contribution in [0.4, 0.5) is 0 Å². The van der Waals surface area contributed by atoms with Crippen molar-refractivity contribution in [3.63, 3.8) is 0 Å². The lowest BCUT2D eigenvalue weighted by Gasteiger charge is -2.16. The van der Waals surface area contributed by atoms with E-state index in [4.69, 9.17) is 4.52 Å². The summed E-state index contributed by atoms with van der Waals surface area (Å²) in [5.74, 6) is 2.66. The van der Waals surface area contributed by atoms with E-state index in [-0.39, 0.29) is 11.8 Å². The molecule has 1 atom stereocenters. The molecule has 7 nitrogen and oxygen atoms in total. The number of aryl methyl sites for hydroxylation is 3. The average molecular weight is 303 g/mol. The lowest BCUT2D eigenvalue weighted by Crippen LogP contribution is -2.29.